The normalized spacial score (nSPS) is 12.3. The Morgan fingerprint density at radius 2 is 2.00 bits per heavy atom. The second-order valence-electron chi connectivity index (χ2n) is 5.65. The van der Waals surface area contributed by atoms with Gasteiger partial charge in [0.2, 0.25) is 5.91 Å². The third-order valence-corrected chi connectivity index (χ3v) is 5.18. The van der Waals surface area contributed by atoms with Crippen molar-refractivity contribution >= 4 is 46.5 Å². The van der Waals surface area contributed by atoms with Crippen LogP contribution in [0.4, 0.5) is 0 Å². The van der Waals surface area contributed by atoms with E-state index in [1.54, 1.807) is 16.7 Å². The summed E-state index contributed by atoms with van der Waals surface area (Å²) < 4.78 is 1.69. The Morgan fingerprint density at radius 3 is 2.72 bits per heavy atom. The lowest BCUT2D eigenvalue weighted by atomic mass is 10.1. The van der Waals surface area contributed by atoms with Gasteiger partial charge in [-0.05, 0) is 25.5 Å². The van der Waals surface area contributed by atoms with Crippen molar-refractivity contribution in [1.82, 2.24) is 19.9 Å². The molecule has 0 bridgehead atoms. The van der Waals surface area contributed by atoms with Gasteiger partial charge in [0.25, 0.3) is 0 Å². The third kappa shape index (κ3) is 4.26. The zero-order chi connectivity index (χ0) is 18.0. The van der Waals surface area contributed by atoms with Crippen molar-refractivity contribution in [3.8, 4) is 0 Å². The molecule has 0 unspecified atom stereocenters. The van der Waals surface area contributed by atoms with E-state index in [9.17, 15) is 4.79 Å². The molecule has 2 aromatic heterocycles. The fourth-order valence-corrected chi connectivity index (χ4v) is 3.59. The van der Waals surface area contributed by atoms with Gasteiger partial charge in [0, 0.05) is 12.7 Å². The monoisotopic (exact) mass is 394 g/mol. The SMILES string of the molecule is Cc1ccc(CNC(=O)[C@H](C)Sc2nnc3c(Cl)cc(Cl)cn23)cc1. The Bertz CT molecular complexity index is 911. The van der Waals surface area contributed by atoms with Crippen LogP contribution in [0.3, 0.4) is 0 Å². The minimum Gasteiger partial charge on any atom is -0.351 e. The molecule has 0 fully saturated rings. The number of benzene rings is 1. The minimum absolute atomic E-state index is 0.0737. The first-order chi connectivity index (χ1) is 11.9. The number of halogens is 2. The number of rotatable bonds is 5. The van der Waals surface area contributed by atoms with Gasteiger partial charge in [0.05, 0.1) is 15.3 Å². The number of nitrogens with one attached hydrogen (secondary N) is 1. The van der Waals surface area contributed by atoms with Crippen molar-refractivity contribution in [2.24, 2.45) is 0 Å². The molecule has 0 aliphatic rings. The van der Waals surface area contributed by atoms with Gasteiger partial charge in [0.1, 0.15) is 0 Å². The number of fused-ring (bicyclic) bond motifs is 1. The van der Waals surface area contributed by atoms with Crippen LogP contribution in [0.5, 0.6) is 0 Å². The summed E-state index contributed by atoms with van der Waals surface area (Å²) in [5.41, 5.74) is 2.76. The van der Waals surface area contributed by atoms with Crippen LogP contribution in [-0.4, -0.2) is 25.8 Å². The molecule has 1 aromatic carbocycles. The number of carbonyl (C=O) groups excluding carboxylic acids is 1. The summed E-state index contributed by atoms with van der Waals surface area (Å²) in [7, 11) is 0. The van der Waals surface area contributed by atoms with E-state index >= 15 is 0 Å². The molecule has 0 spiro atoms. The van der Waals surface area contributed by atoms with Gasteiger partial charge in [-0.2, -0.15) is 0 Å². The van der Waals surface area contributed by atoms with E-state index in [4.69, 9.17) is 23.2 Å². The average molecular weight is 395 g/mol. The second kappa shape index (κ2) is 7.64. The minimum atomic E-state index is -0.337. The van der Waals surface area contributed by atoms with Gasteiger partial charge in [-0.15, -0.1) is 10.2 Å². The molecule has 8 heteroatoms. The summed E-state index contributed by atoms with van der Waals surface area (Å²) in [6.45, 7) is 4.34. The van der Waals surface area contributed by atoms with Crippen LogP contribution in [0.25, 0.3) is 5.65 Å². The number of nitrogens with zero attached hydrogens (tertiary/aromatic N) is 3. The molecule has 130 valence electrons. The van der Waals surface area contributed by atoms with Crippen LogP contribution in [0.2, 0.25) is 10.0 Å². The molecular formula is C17H16Cl2N4OS. The van der Waals surface area contributed by atoms with Gasteiger partial charge in [-0.3, -0.25) is 9.20 Å². The molecule has 5 nitrogen and oxygen atoms in total. The molecule has 1 atom stereocenters. The van der Waals surface area contributed by atoms with Crippen LogP contribution in [-0.2, 0) is 11.3 Å². The number of aryl methyl sites for hydroxylation is 1. The van der Waals surface area contributed by atoms with Crippen molar-refractivity contribution in [3.05, 3.63) is 57.7 Å². The zero-order valence-corrected chi connectivity index (χ0v) is 16.0. The van der Waals surface area contributed by atoms with Crippen LogP contribution >= 0.6 is 35.0 Å². The lowest BCUT2D eigenvalue weighted by Crippen LogP contribution is -2.30. The fraction of sp³-hybridized carbons (Fsp3) is 0.235. The molecule has 0 aliphatic heterocycles. The first-order valence-corrected chi connectivity index (χ1v) is 9.27. The smallest absolute Gasteiger partial charge is 0.233 e. The number of pyridine rings is 1. The molecule has 0 aliphatic carbocycles. The third-order valence-electron chi connectivity index (χ3n) is 3.63. The maximum atomic E-state index is 12.3. The molecular weight excluding hydrogens is 379 g/mol. The van der Waals surface area contributed by atoms with Gasteiger partial charge in [-0.1, -0.05) is 64.8 Å². The highest BCUT2D eigenvalue weighted by Crippen LogP contribution is 2.27. The van der Waals surface area contributed by atoms with Crippen molar-refractivity contribution in [2.75, 3.05) is 0 Å². The Kier molecular flexibility index (Phi) is 5.51. The molecule has 1 N–H and O–H groups in total. The Labute approximate surface area is 159 Å². The number of hydrogen-bond donors (Lipinski definition) is 1. The molecule has 2 heterocycles. The number of aromatic nitrogens is 3. The Morgan fingerprint density at radius 1 is 1.28 bits per heavy atom. The number of amides is 1. The summed E-state index contributed by atoms with van der Waals surface area (Å²) in [4.78, 5) is 12.3. The van der Waals surface area contributed by atoms with E-state index in [0.29, 0.717) is 27.4 Å². The topological polar surface area (TPSA) is 59.3 Å². The molecule has 3 rings (SSSR count). The lowest BCUT2D eigenvalue weighted by molar-refractivity contribution is -0.120. The van der Waals surface area contributed by atoms with Crippen LogP contribution in [0, 0.1) is 6.92 Å². The molecule has 0 saturated carbocycles. The molecule has 0 radical (unpaired) electrons. The maximum Gasteiger partial charge on any atom is 0.233 e. The van der Waals surface area contributed by atoms with Gasteiger partial charge >= 0.3 is 0 Å². The van der Waals surface area contributed by atoms with E-state index < -0.39 is 0 Å². The predicted molar refractivity (Wildman–Crippen MR) is 101 cm³/mol. The Balaban J connectivity index is 1.66. The van der Waals surface area contributed by atoms with E-state index in [2.05, 4.69) is 15.5 Å². The van der Waals surface area contributed by atoms with Crippen molar-refractivity contribution < 1.29 is 4.79 Å². The predicted octanol–water partition coefficient (Wildman–Crippen LogP) is 4.14. The lowest BCUT2D eigenvalue weighted by Gasteiger charge is -2.11. The first kappa shape index (κ1) is 18.0. The molecule has 3 aromatic rings. The molecule has 0 saturated heterocycles. The summed E-state index contributed by atoms with van der Waals surface area (Å²) in [6, 6.07) is 9.66. The molecule has 1 amide bonds. The van der Waals surface area contributed by atoms with E-state index in [1.165, 1.54) is 17.3 Å². The number of carbonyl (C=O) groups is 1. The average Bonchev–Trinajstić information content (AvgIpc) is 2.97. The summed E-state index contributed by atoms with van der Waals surface area (Å²) >= 11 is 13.4. The summed E-state index contributed by atoms with van der Waals surface area (Å²) in [5, 5.41) is 12.2. The zero-order valence-electron chi connectivity index (χ0n) is 13.7. The quantitative estimate of drug-likeness (QED) is 0.660. The summed E-state index contributed by atoms with van der Waals surface area (Å²) in [5.74, 6) is -0.0737. The van der Waals surface area contributed by atoms with Gasteiger partial charge < -0.3 is 5.32 Å². The fourth-order valence-electron chi connectivity index (χ4n) is 2.23. The highest BCUT2D eigenvalue weighted by atomic mass is 35.5. The van der Waals surface area contributed by atoms with Gasteiger partial charge in [-0.25, -0.2) is 0 Å². The highest BCUT2D eigenvalue weighted by molar-refractivity contribution is 8.00. The second-order valence-corrected chi connectivity index (χ2v) is 7.80. The van der Waals surface area contributed by atoms with Gasteiger partial charge in [0.15, 0.2) is 10.8 Å². The van der Waals surface area contributed by atoms with Crippen LogP contribution in [0.1, 0.15) is 18.1 Å². The first-order valence-electron chi connectivity index (χ1n) is 7.64. The van der Waals surface area contributed by atoms with Crippen molar-refractivity contribution in [3.63, 3.8) is 0 Å². The standard InChI is InChI=1S/C17H16Cl2N4OS/c1-10-3-5-12(6-4-10)8-20-16(24)11(2)25-17-22-21-15-14(19)7-13(18)9-23(15)17/h3-7,9,11H,8H2,1-2H3,(H,20,24)/t11-/m0/s1. The van der Waals surface area contributed by atoms with Crippen LogP contribution < -0.4 is 5.32 Å². The van der Waals surface area contributed by atoms with Crippen LogP contribution in [0.15, 0.2) is 41.7 Å². The summed E-state index contributed by atoms with van der Waals surface area (Å²) in [6.07, 6.45) is 1.68. The van der Waals surface area contributed by atoms with E-state index in [-0.39, 0.29) is 11.2 Å². The van der Waals surface area contributed by atoms with Crippen molar-refractivity contribution in [2.45, 2.75) is 30.8 Å². The van der Waals surface area contributed by atoms with Crippen molar-refractivity contribution in [1.29, 1.82) is 0 Å². The number of hydrogen-bond acceptors (Lipinski definition) is 4. The Hall–Kier alpha value is -1.76. The van der Waals surface area contributed by atoms with E-state index in [0.717, 1.165) is 5.56 Å². The van der Waals surface area contributed by atoms with E-state index in [1.807, 2.05) is 38.1 Å². The number of thioether (sulfide) groups is 1. The maximum absolute atomic E-state index is 12.3. The molecule has 25 heavy (non-hydrogen) atoms. The largest absolute Gasteiger partial charge is 0.351 e. The highest BCUT2D eigenvalue weighted by Gasteiger charge is 2.18.